The van der Waals surface area contributed by atoms with Gasteiger partial charge in [0.2, 0.25) is 5.91 Å². The number of hydrogen-bond donors (Lipinski definition) is 0. The van der Waals surface area contributed by atoms with Crippen molar-refractivity contribution in [1.29, 1.82) is 0 Å². The highest BCUT2D eigenvalue weighted by molar-refractivity contribution is 5.82. The first-order valence-corrected chi connectivity index (χ1v) is 11.6. The minimum Gasteiger partial charge on any atom is -0.489 e. The first-order chi connectivity index (χ1) is 16.4. The molecule has 4 rings (SSSR count). The third-order valence-electron chi connectivity index (χ3n) is 5.43. The summed E-state index contributed by atoms with van der Waals surface area (Å²) in [6.45, 7) is 4.30. The van der Waals surface area contributed by atoms with E-state index in [1.165, 1.54) is 0 Å². The monoisotopic (exact) mass is 458 g/mol. The number of ether oxygens (including phenoxy) is 1. The van der Waals surface area contributed by atoms with Crippen LogP contribution in [0.1, 0.15) is 23.8 Å². The number of carbonyl (C=O) groups excluding carboxylic acids is 1. The van der Waals surface area contributed by atoms with E-state index in [1.807, 2.05) is 92.0 Å². The standard InChI is InChI=1S/C25H23NO3.C4H11N/c1-26(25(27)16-23-15-21-11-5-6-13-24(21)29-23)17-20-10-7-12-22(14-20)28-18-19-8-3-2-4-9-19;1-4-5(2)3/h2-15H,16-18H2,1H3;4H2,1-3H3. The summed E-state index contributed by atoms with van der Waals surface area (Å²) in [5.74, 6) is 1.49. The molecular weight excluding hydrogens is 424 g/mol. The summed E-state index contributed by atoms with van der Waals surface area (Å²) in [5, 5.41) is 1.02. The van der Waals surface area contributed by atoms with Crippen LogP contribution in [0.3, 0.4) is 0 Å². The fourth-order valence-corrected chi connectivity index (χ4v) is 3.24. The van der Waals surface area contributed by atoms with Crippen molar-refractivity contribution >= 4 is 16.9 Å². The van der Waals surface area contributed by atoms with E-state index in [0.29, 0.717) is 18.9 Å². The van der Waals surface area contributed by atoms with Gasteiger partial charge in [-0.15, -0.1) is 0 Å². The molecule has 34 heavy (non-hydrogen) atoms. The van der Waals surface area contributed by atoms with Crippen LogP contribution >= 0.6 is 0 Å². The van der Waals surface area contributed by atoms with Gasteiger partial charge in [-0.1, -0.05) is 67.6 Å². The topological polar surface area (TPSA) is 45.9 Å². The summed E-state index contributed by atoms with van der Waals surface area (Å²) in [6.07, 6.45) is 0.245. The molecule has 0 saturated heterocycles. The van der Waals surface area contributed by atoms with Gasteiger partial charge in [0.15, 0.2) is 0 Å². The molecule has 0 radical (unpaired) electrons. The molecule has 178 valence electrons. The summed E-state index contributed by atoms with van der Waals surface area (Å²) in [7, 11) is 5.92. The molecule has 0 atom stereocenters. The van der Waals surface area contributed by atoms with Crippen LogP contribution in [0.25, 0.3) is 11.0 Å². The Morgan fingerprint density at radius 1 is 0.853 bits per heavy atom. The van der Waals surface area contributed by atoms with Gasteiger partial charge in [-0.25, -0.2) is 0 Å². The molecule has 0 unspecified atom stereocenters. The quantitative estimate of drug-likeness (QED) is 0.336. The molecular formula is C29H34N2O3. The molecule has 0 fully saturated rings. The normalized spacial score (nSPS) is 10.6. The van der Waals surface area contributed by atoms with E-state index in [1.54, 1.807) is 4.90 Å². The zero-order valence-electron chi connectivity index (χ0n) is 20.5. The Labute approximate surface area is 202 Å². The Balaban J connectivity index is 0.000000588. The third-order valence-corrected chi connectivity index (χ3v) is 5.43. The molecule has 0 aliphatic rings. The average molecular weight is 459 g/mol. The molecule has 0 saturated carbocycles. The van der Waals surface area contributed by atoms with Crippen LogP contribution < -0.4 is 4.74 Å². The molecule has 0 N–H and O–H groups in total. The van der Waals surface area contributed by atoms with E-state index >= 15 is 0 Å². The van der Waals surface area contributed by atoms with Crippen LogP contribution in [0.2, 0.25) is 0 Å². The van der Waals surface area contributed by atoms with Gasteiger partial charge < -0.3 is 19.0 Å². The van der Waals surface area contributed by atoms with Gasteiger partial charge in [-0.05, 0) is 56.0 Å². The maximum Gasteiger partial charge on any atom is 0.230 e. The highest BCUT2D eigenvalue weighted by Crippen LogP contribution is 2.20. The highest BCUT2D eigenvalue weighted by Gasteiger charge is 2.14. The second-order valence-electron chi connectivity index (χ2n) is 8.49. The second-order valence-corrected chi connectivity index (χ2v) is 8.49. The van der Waals surface area contributed by atoms with Crippen molar-refractivity contribution in [3.05, 3.63) is 102 Å². The van der Waals surface area contributed by atoms with Gasteiger partial charge in [-0.2, -0.15) is 0 Å². The van der Waals surface area contributed by atoms with Gasteiger partial charge in [0.25, 0.3) is 0 Å². The van der Waals surface area contributed by atoms with E-state index in [2.05, 4.69) is 25.9 Å². The second kappa shape index (κ2) is 12.6. The molecule has 5 heteroatoms. The molecule has 5 nitrogen and oxygen atoms in total. The Morgan fingerprint density at radius 3 is 2.24 bits per heavy atom. The number of nitrogens with zero attached hydrogens (tertiary/aromatic N) is 2. The summed E-state index contributed by atoms with van der Waals surface area (Å²) in [4.78, 5) is 16.5. The number of benzene rings is 3. The molecule has 1 heterocycles. The number of carbonyl (C=O) groups is 1. The van der Waals surface area contributed by atoms with Crippen molar-refractivity contribution in [1.82, 2.24) is 9.80 Å². The van der Waals surface area contributed by atoms with Gasteiger partial charge in [-0.3, -0.25) is 4.79 Å². The largest absolute Gasteiger partial charge is 0.489 e. The van der Waals surface area contributed by atoms with Crippen molar-refractivity contribution in [3.63, 3.8) is 0 Å². The summed E-state index contributed by atoms with van der Waals surface area (Å²) < 4.78 is 11.7. The summed E-state index contributed by atoms with van der Waals surface area (Å²) >= 11 is 0. The molecule has 0 spiro atoms. The lowest BCUT2D eigenvalue weighted by Crippen LogP contribution is -2.27. The maximum atomic E-state index is 12.6. The lowest BCUT2D eigenvalue weighted by Gasteiger charge is -2.17. The predicted molar refractivity (Wildman–Crippen MR) is 138 cm³/mol. The van der Waals surface area contributed by atoms with E-state index in [0.717, 1.165) is 34.4 Å². The first-order valence-electron chi connectivity index (χ1n) is 11.6. The minimum atomic E-state index is 0.0136. The van der Waals surface area contributed by atoms with Crippen LogP contribution in [0, 0.1) is 0 Å². The highest BCUT2D eigenvalue weighted by atomic mass is 16.5. The molecule has 4 aromatic rings. The van der Waals surface area contributed by atoms with Gasteiger partial charge >= 0.3 is 0 Å². The van der Waals surface area contributed by atoms with Crippen LogP contribution in [0.5, 0.6) is 5.75 Å². The first kappa shape index (κ1) is 25.1. The summed E-state index contributed by atoms with van der Waals surface area (Å²) in [6, 6.07) is 27.6. The molecule has 0 aliphatic carbocycles. The van der Waals surface area contributed by atoms with E-state index in [-0.39, 0.29) is 12.3 Å². The van der Waals surface area contributed by atoms with Crippen LogP contribution in [0.4, 0.5) is 0 Å². The number of likely N-dealkylation sites (N-methyl/N-ethyl adjacent to an activating group) is 1. The number of hydrogen-bond acceptors (Lipinski definition) is 4. The lowest BCUT2D eigenvalue weighted by atomic mass is 10.2. The molecule has 3 aromatic carbocycles. The number of para-hydroxylation sites is 1. The van der Waals surface area contributed by atoms with E-state index < -0.39 is 0 Å². The average Bonchev–Trinajstić information content (AvgIpc) is 3.26. The van der Waals surface area contributed by atoms with Crippen LogP contribution in [0.15, 0.2) is 89.3 Å². The molecule has 1 amide bonds. The van der Waals surface area contributed by atoms with Gasteiger partial charge in [0, 0.05) is 19.0 Å². The van der Waals surface area contributed by atoms with Crippen molar-refractivity contribution in [2.24, 2.45) is 0 Å². The van der Waals surface area contributed by atoms with Crippen LogP contribution in [-0.4, -0.2) is 43.4 Å². The lowest BCUT2D eigenvalue weighted by molar-refractivity contribution is -0.129. The predicted octanol–water partition coefficient (Wildman–Crippen LogP) is 5.78. The molecule has 1 aromatic heterocycles. The SMILES string of the molecule is CCN(C)C.CN(Cc1cccc(OCc2ccccc2)c1)C(=O)Cc1cc2ccccc2o1. The molecule has 0 bridgehead atoms. The van der Waals surface area contributed by atoms with Crippen molar-refractivity contribution in [2.75, 3.05) is 27.7 Å². The van der Waals surface area contributed by atoms with E-state index in [4.69, 9.17) is 9.15 Å². The molecule has 0 aliphatic heterocycles. The van der Waals surface area contributed by atoms with Crippen molar-refractivity contribution in [2.45, 2.75) is 26.5 Å². The Bertz CT molecular complexity index is 1140. The Hall–Kier alpha value is -3.57. The number of fused-ring (bicyclic) bond motifs is 1. The van der Waals surface area contributed by atoms with Gasteiger partial charge in [0.1, 0.15) is 23.7 Å². The zero-order valence-corrected chi connectivity index (χ0v) is 20.5. The Kier molecular flexibility index (Phi) is 9.30. The van der Waals surface area contributed by atoms with Gasteiger partial charge in [0.05, 0.1) is 6.42 Å². The van der Waals surface area contributed by atoms with Crippen LogP contribution in [-0.2, 0) is 24.4 Å². The van der Waals surface area contributed by atoms with Crippen molar-refractivity contribution < 1.29 is 13.9 Å². The summed E-state index contributed by atoms with van der Waals surface area (Å²) in [5.41, 5.74) is 2.95. The number of furan rings is 1. The fourth-order valence-electron chi connectivity index (χ4n) is 3.24. The number of rotatable bonds is 8. The fraction of sp³-hybridized carbons (Fsp3) is 0.276. The Morgan fingerprint density at radius 2 is 1.53 bits per heavy atom. The number of amides is 1. The smallest absolute Gasteiger partial charge is 0.230 e. The van der Waals surface area contributed by atoms with Crippen molar-refractivity contribution in [3.8, 4) is 5.75 Å². The van der Waals surface area contributed by atoms with E-state index in [9.17, 15) is 4.79 Å². The minimum absolute atomic E-state index is 0.0136. The maximum absolute atomic E-state index is 12.6. The third kappa shape index (κ3) is 7.78. The zero-order chi connectivity index (χ0) is 24.3.